The Hall–Kier alpha value is -5.17. The topological polar surface area (TPSA) is 138 Å². The summed E-state index contributed by atoms with van der Waals surface area (Å²) in [4.78, 5) is 39.0. The van der Waals surface area contributed by atoms with Crippen LogP contribution in [0.3, 0.4) is 0 Å². The molecule has 55 heavy (non-hydrogen) atoms. The number of carbonyl (C=O) groups is 2. The Labute approximate surface area is 322 Å². The molecule has 8 rings (SSSR count). The number of nitrogens with one attached hydrogen (secondary N) is 4. The third kappa shape index (κ3) is 7.98. The molecule has 0 unspecified atom stereocenters. The predicted octanol–water partition coefficient (Wildman–Crippen LogP) is 5.38. The van der Waals surface area contributed by atoms with Crippen LogP contribution in [0.25, 0.3) is 22.2 Å². The highest BCUT2D eigenvalue weighted by Gasteiger charge is 2.37. The number of aromatic nitrogens is 4. The molecule has 2 bridgehead atoms. The number of rotatable bonds is 13. The first-order valence-corrected chi connectivity index (χ1v) is 19.8. The Bertz CT molecular complexity index is 2190. The van der Waals surface area contributed by atoms with Crippen molar-refractivity contribution in [2.24, 2.45) is 0 Å². The van der Waals surface area contributed by atoms with Gasteiger partial charge in [0.25, 0.3) is 11.8 Å². The van der Waals surface area contributed by atoms with Crippen molar-refractivity contribution < 1.29 is 14.3 Å². The maximum absolute atomic E-state index is 13.6. The van der Waals surface area contributed by atoms with Gasteiger partial charge in [-0.1, -0.05) is 43.3 Å². The zero-order chi connectivity index (χ0) is 37.9. The van der Waals surface area contributed by atoms with Gasteiger partial charge >= 0.3 is 0 Å². The van der Waals surface area contributed by atoms with Crippen molar-refractivity contribution in [1.82, 2.24) is 40.6 Å². The number of benzene rings is 2. The molecule has 3 aliphatic rings. The van der Waals surface area contributed by atoms with Crippen molar-refractivity contribution in [3.05, 3.63) is 106 Å². The molecule has 0 aliphatic carbocycles. The van der Waals surface area contributed by atoms with Crippen molar-refractivity contribution >= 4 is 28.5 Å². The van der Waals surface area contributed by atoms with Crippen molar-refractivity contribution in [1.29, 1.82) is 0 Å². The summed E-state index contributed by atoms with van der Waals surface area (Å²) in [5.41, 5.74) is 9.79. The number of piperazine rings is 1. The van der Waals surface area contributed by atoms with Gasteiger partial charge in [0.2, 0.25) is 0 Å². The minimum Gasteiger partial charge on any atom is -0.381 e. The number of anilines is 1. The predicted molar refractivity (Wildman–Crippen MR) is 214 cm³/mol. The van der Waals surface area contributed by atoms with Gasteiger partial charge in [0.05, 0.1) is 17.3 Å². The fourth-order valence-corrected chi connectivity index (χ4v) is 8.32. The number of nitrogens with zero attached hydrogens (tertiary/aromatic N) is 5. The van der Waals surface area contributed by atoms with Gasteiger partial charge in [0, 0.05) is 81.9 Å². The molecule has 2 aromatic carbocycles. The standard InChI is InChI=1S/C43H51N9O3/c1-4-37-35(40(48-31-14-16-55-17-15-31)36-24-47-52(5-2)41(36)50-37)23-46-43(54)39-11-7-10-38(49-39)42(53)45-21-28-13-12-27(3)34(19-28)30-9-6-8-29(18-30)25-51-26-32-20-33(51)22-44-32/h6-13,18-19,24,31-33,44H,4-5,14-17,20-23,25-26H2,1-3H3,(H,45,53)(H,46,54)(H,48,50)/t32-,33-/m0/s1. The van der Waals surface area contributed by atoms with E-state index in [1.165, 1.54) is 23.1 Å². The van der Waals surface area contributed by atoms with E-state index in [2.05, 4.69) is 93.4 Å². The van der Waals surface area contributed by atoms with Gasteiger partial charge in [-0.3, -0.25) is 14.5 Å². The summed E-state index contributed by atoms with van der Waals surface area (Å²) in [6.07, 6.45) is 5.59. The zero-order valence-electron chi connectivity index (χ0n) is 32.0. The Morgan fingerprint density at radius 1 is 0.927 bits per heavy atom. The van der Waals surface area contributed by atoms with Crippen LogP contribution in [0.4, 0.5) is 5.69 Å². The monoisotopic (exact) mass is 741 g/mol. The van der Waals surface area contributed by atoms with Gasteiger partial charge in [0.1, 0.15) is 11.4 Å². The van der Waals surface area contributed by atoms with Crippen molar-refractivity contribution in [3.8, 4) is 11.1 Å². The molecule has 12 nitrogen and oxygen atoms in total. The van der Waals surface area contributed by atoms with E-state index in [4.69, 9.17) is 9.72 Å². The number of hydrogen-bond donors (Lipinski definition) is 4. The first-order valence-electron chi connectivity index (χ1n) is 19.8. The highest BCUT2D eigenvalue weighted by Crippen LogP contribution is 2.32. The summed E-state index contributed by atoms with van der Waals surface area (Å²) >= 11 is 0. The summed E-state index contributed by atoms with van der Waals surface area (Å²) in [7, 11) is 0. The van der Waals surface area contributed by atoms with Crippen LogP contribution in [-0.4, -0.2) is 80.9 Å². The molecule has 5 aromatic rings. The van der Waals surface area contributed by atoms with Crippen molar-refractivity contribution in [3.63, 3.8) is 0 Å². The lowest BCUT2D eigenvalue weighted by atomic mass is 9.96. The Balaban J connectivity index is 0.932. The number of ether oxygens (including phenoxy) is 1. The molecule has 4 N–H and O–H groups in total. The number of aryl methyl sites for hydroxylation is 3. The van der Waals surface area contributed by atoms with Crippen LogP contribution >= 0.6 is 0 Å². The number of fused-ring (bicyclic) bond motifs is 3. The summed E-state index contributed by atoms with van der Waals surface area (Å²) in [6, 6.07) is 21.6. The fraction of sp³-hybridized carbons (Fsp3) is 0.419. The van der Waals surface area contributed by atoms with Gasteiger partial charge in [-0.05, 0) is 91.6 Å². The molecular weight excluding hydrogens is 691 g/mol. The Morgan fingerprint density at radius 2 is 1.71 bits per heavy atom. The van der Waals surface area contributed by atoms with Gasteiger partial charge in [-0.15, -0.1) is 0 Å². The van der Waals surface area contributed by atoms with E-state index in [1.807, 2.05) is 16.9 Å². The SMILES string of the molecule is CCc1nc2c(cnn2CC)c(NC2CCOCC2)c1CNC(=O)c1cccc(C(=O)NCc2ccc(C)c(-c3cccc(CN4C[C@@H]5C[C@H]4CN5)c3)c2)n1. The maximum Gasteiger partial charge on any atom is 0.270 e. The Morgan fingerprint density at radius 3 is 2.44 bits per heavy atom. The molecule has 0 saturated carbocycles. The summed E-state index contributed by atoms with van der Waals surface area (Å²) < 4.78 is 7.50. The average molecular weight is 742 g/mol. The number of pyridine rings is 2. The highest BCUT2D eigenvalue weighted by atomic mass is 16.5. The molecular formula is C43H51N9O3. The molecule has 6 heterocycles. The van der Waals surface area contributed by atoms with Crippen LogP contribution in [0, 0.1) is 6.92 Å². The number of likely N-dealkylation sites (tertiary alicyclic amines) is 1. The number of amides is 2. The number of hydrogen-bond acceptors (Lipinski definition) is 9. The second-order valence-electron chi connectivity index (χ2n) is 15.0. The summed E-state index contributed by atoms with van der Waals surface area (Å²) in [5.74, 6) is -0.704. The molecule has 0 radical (unpaired) electrons. The largest absolute Gasteiger partial charge is 0.381 e. The van der Waals surface area contributed by atoms with Crippen LogP contribution in [0.15, 0.2) is 66.9 Å². The normalized spacial score (nSPS) is 18.5. The van der Waals surface area contributed by atoms with Crippen LogP contribution in [-0.2, 0) is 37.3 Å². The van der Waals surface area contributed by atoms with E-state index < -0.39 is 0 Å². The Kier molecular flexibility index (Phi) is 10.9. The quantitative estimate of drug-likeness (QED) is 0.125. The molecule has 0 spiro atoms. The van der Waals surface area contributed by atoms with Crippen LogP contribution < -0.4 is 21.3 Å². The molecule has 2 amide bonds. The second kappa shape index (κ2) is 16.3. The smallest absolute Gasteiger partial charge is 0.270 e. The molecule has 3 fully saturated rings. The van der Waals surface area contributed by atoms with Gasteiger partial charge in [-0.25, -0.2) is 14.6 Å². The van der Waals surface area contributed by atoms with Crippen molar-refractivity contribution in [2.45, 2.75) is 90.8 Å². The van der Waals surface area contributed by atoms with E-state index >= 15 is 0 Å². The summed E-state index contributed by atoms with van der Waals surface area (Å²) in [6.45, 7) is 12.1. The van der Waals surface area contributed by atoms with Crippen molar-refractivity contribution in [2.75, 3.05) is 31.6 Å². The molecule has 12 heteroatoms. The van der Waals surface area contributed by atoms with Gasteiger partial charge in [-0.2, -0.15) is 5.10 Å². The van der Waals surface area contributed by atoms with E-state index in [1.54, 1.807) is 18.2 Å². The maximum atomic E-state index is 13.6. The van der Waals surface area contributed by atoms with E-state index in [9.17, 15) is 9.59 Å². The molecule has 3 saturated heterocycles. The lowest BCUT2D eigenvalue weighted by molar-refractivity contribution is 0.0904. The van der Waals surface area contributed by atoms with Crippen LogP contribution in [0.5, 0.6) is 0 Å². The lowest BCUT2D eigenvalue weighted by Crippen LogP contribution is -2.42. The third-order valence-corrected chi connectivity index (χ3v) is 11.4. The van der Waals surface area contributed by atoms with Crippen LogP contribution in [0.2, 0.25) is 0 Å². The number of carbonyl (C=O) groups excluding carboxylic acids is 2. The van der Waals surface area contributed by atoms with Crippen LogP contribution in [0.1, 0.15) is 82.0 Å². The van der Waals surface area contributed by atoms with Gasteiger partial charge < -0.3 is 26.0 Å². The van der Waals surface area contributed by atoms with E-state index in [0.29, 0.717) is 44.8 Å². The highest BCUT2D eigenvalue weighted by molar-refractivity contribution is 5.97. The fourth-order valence-electron chi connectivity index (χ4n) is 8.32. The molecule has 286 valence electrons. The second-order valence-corrected chi connectivity index (χ2v) is 15.0. The molecule has 3 aromatic heterocycles. The minimum atomic E-state index is -0.364. The minimum absolute atomic E-state index is 0.174. The van der Waals surface area contributed by atoms with E-state index in [0.717, 1.165) is 71.6 Å². The molecule has 2 atom stereocenters. The average Bonchev–Trinajstić information content (AvgIpc) is 3.97. The first kappa shape index (κ1) is 36.8. The third-order valence-electron chi connectivity index (χ3n) is 11.4. The first-order chi connectivity index (χ1) is 26.9. The molecule has 3 aliphatic heterocycles. The zero-order valence-corrected chi connectivity index (χ0v) is 32.0. The lowest BCUT2D eigenvalue weighted by Gasteiger charge is -2.27. The van der Waals surface area contributed by atoms with Gasteiger partial charge in [0.15, 0.2) is 5.65 Å². The van der Waals surface area contributed by atoms with E-state index in [-0.39, 0.29) is 35.8 Å². The summed E-state index contributed by atoms with van der Waals surface area (Å²) in [5, 5.41) is 19.0.